The second-order valence-corrected chi connectivity index (χ2v) is 9.76. The Bertz CT molecular complexity index is 1780. The third-order valence-corrected chi connectivity index (χ3v) is 7.30. The SMILES string of the molecule is O=C(c1cc(-c2ccc(-c3ccc4cc(O)ccc4c3)cc2)on1)N1CCN(c2nc3ccccc3[nH]2)CC1. The zero-order valence-electron chi connectivity index (χ0n) is 21.0. The number of aromatic nitrogens is 3. The van der Waals surface area contributed by atoms with Gasteiger partial charge in [0.25, 0.3) is 5.91 Å². The Morgan fingerprint density at radius 1 is 0.795 bits per heavy atom. The molecule has 39 heavy (non-hydrogen) atoms. The molecule has 1 fully saturated rings. The Kier molecular flexibility index (Phi) is 5.51. The highest BCUT2D eigenvalue weighted by Gasteiger charge is 2.26. The summed E-state index contributed by atoms with van der Waals surface area (Å²) in [5, 5.41) is 15.8. The number of aromatic hydroxyl groups is 1. The van der Waals surface area contributed by atoms with E-state index in [4.69, 9.17) is 4.52 Å². The summed E-state index contributed by atoms with van der Waals surface area (Å²) in [5.41, 5.74) is 5.25. The van der Waals surface area contributed by atoms with E-state index in [1.807, 2.05) is 71.6 Å². The van der Waals surface area contributed by atoms with Gasteiger partial charge in [0.15, 0.2) is 11.5 Å². The number of piperazine rings is 1. The number of carbonyl (C=O) groups excluding carboxylic acids is 1. The second kappa shape index (κ2) is 9.33. The number of hydrogen-bond acceptors (Lipinski definition) is 6. The molecule has 4 aromatic carbocycles. The van der Waals surface area contributed by atoms with Crippen LogP contribution in [0.3, 0.4) is 0 Å². The molecule has 2 N–H and O–H groups in total. The van der Waals surface area contributed by atoms with Crippen LogP contribution in [-0.4, -0.2) is 57.2 Å². The van der Waals surface area contributed by atoms with Gasteiger partial charge in [-0.2, -0.15) is 0 Å². The van der Waals surface area contributed by atoms with Gasteiger partial charge in [0.05, 0.1) is 11.0 Å². The summed E-state index contributed by atoms with van der Waals surface area (Å²) >= 11 is 0. The number of aromatic amines is 1. The summed E-state index contributed by atoms with van der Waals surface area (Å²) < 4.78 is 5.55. The number of para-hydroxylation sites is 2. The minimum absolute atomic E-state index is 0.131. The normalized spacial score (nSPS) is 13.8. The summed E-state index contributed by atoms with van der Waals surface area (Å²) in [4.78, 5) is 25.2. The number of benzene rings is 4. The van der Waals surface area contributed by atoms with Gasteiger partial charge in [-0.25, -0.2) is 4.98 Å². The molecule has 1 amide bonds. The van der Waals surface area contributed by atoms with Crippen LogP contribution >= 0.6 is 0 Å². The van der Waals surface area contributed by atoms with Crippen LogP contribution in [0.25, 0.3) is 44.3 Å². The molecule has 0 saturated carbocycles. The highest BCUT2D eigenvalue weighted by molar-refractivity contribution is 5.93. The third kappa shape index (κ3) is 4.35. The monoisotopic (exact) mass is 515 g/mol. The number of hydrogen-bond donors (Lipinski definition) is 2. The van der Waals surface area contributed by atoms with Crippen LogP contribution in [0.4, 0.5) is 5.95 Å². The molecule has 192 valence electrons. The van der Waals surface area contributed by atoms with E-state index in [9.17, 15) is 9.90 Å². The van der Waals surface area contributed by atoms with Crippen molar-refractivity contribution in [3.05, 3.63) is 96.7 Å². The molecule has 0 unspecified atom stereocenters. The van der Waals surface area contributed by atoms with Crippen molar-refractivity contribution in [2.75, 3.05) is 31.1 Å². The highest BCUT2D eigenvalue weighted by atomic mass is 16.5. The first kappa shape index (κ1) is 23.0. The lowest BCUT2D eigenvalue weighted by Crippen LogP contribution is -2.49. The molecule has 1 aliphatic heterocycles. The Balaban J connectivity index is 1.02. The number of imidazole rings is 1. The Morgan fingerprint density at radius 3 is 2.33 bits per heavy atom. The quantitative estimate of drug-likeness (QED) is 0.312. The van der Waals surface area contributed by atoms with Crippen LogP contribution < -0.4 is 4.90 Å². The number of nitrogens with one attached hydrogen (secondary N) is 1. The van der Waals surface area contributed by atoms with Crippen molar-refractivity contribution in [2.24, 2.45) is 0 Å². The minimum atomic E-state index is -0.131. The summed E-state index contributed by atoms with van der Waals surface area (Å²) in [6.45, 7) is 2.54. The first-order chi connectivity index (χ1) is 19.1. The summed E-state index contributed by atoms with van der Waals surface area (Å²) in [7, 11) is 0. The number of anilines is 1. The van der Waals surface area contributed by atoms with Gasteiger partial charge in [-0.1, -0.05) is 59.8 Å². The fourth-order valence-corrected chi connectivity index (χ4v) is 5.12. The molecule has 0 spiro atoms. The van der Waals surface area contributed by atoms with Crippen molar-refractivity contribution in [1.82, 2.24) is 20.0 Å². The number of rotatable bonds is 4. The van der Waals surface area contributed by atoms with E-state index in [-0.39, 0.29) is 11.7 Å². The number of amides is 1. The molecule has 1 aliphatic rings. The lowest BCUT2D eigenvalue weighted by Gasteiger charge is -2.34. The number of nitrogens with zero attached hydrogens (tertiary/aromatic N) is 4. The second-order valence-electron chi connectivity index (χ2n) is 9.76. The molecule has 0 atom stereocenters. The van der Waals surface area contributed by atoms with E-state index >= 15 is 0 Å². The van der Waals surface area contributed by atoms with Gasteiger partial charge in [-0.15, -0.1) is 0 Å². The summed E-state index contributed by atoms with van der Waals surface area (Å²) in [6, 6.07) is 29.2. The van der Waals surface area contributed by atoms with Crippen LogP contribution in [0, 0.1) is 0 Å². The van der Waals surface area contributed by atoms with Gasteiger partial charge in [-0.3, -0.25) is 4.79 Å². The van der Waals surface area contributed by atoms with Crippen molar-refractivity contribution in [3.8, 4) is 28.2 Å². The molecule has 0 bridgehead atoms. The largest absolute Gasteiger partial charge is 0.508 e. The van der Waals surface area contributed by atoms with Crippen LogP contribution in [0.5, 0.6) is 5.75 Å². The van der Waals surface area contributed by atoms with E-state index in [1.54, 1.807) is 18.2 Å². The molecular formula is C31H25N5O3. The lowest BCUT2D eigenvalue weighted by atomic mass is 9.99. The van der Waals surface area contributed by atoms with Gasteiger partial charge in [0.2, 0.25) is 5.95 Å². The van der Waals surface area contributed by atoms with Gasteiger partial charge in [-0.05, 0) is 52.2 Å². The maximum Gasteiger partial charge on any atom is 0.276 e. The predicted octanol–water partition coefficient (Wildman–Crippen LogP) is 5.71. The van der Waals surface area contributed by atoms with E-state index in [0.717, 1.165) is 44.4 Å². The molecular weight excluding hydrogens is 490 g/mol. The molecule has 7 rings (SSSR count). The molecule has 8 nitrogen and oxygen atoms in total. The van der Waals surface area contributed by atoms with Gasteiger partial charge in [0.1, 0.15) is 5.75 Å². The zero-order valence-corrected chi connectivity index (χ0v) is 21.0. The topological polar surface area (TPSA) is 98.5 Å². The van der Waals surface area contributed by atoms with E-state index in [0.29, 0.717) is 37.6 Å². The molecule has 1 saturated heterocycles. The zero-order chi connectivity index (χ0) is 26.3. The molecule has 2 aromatic heterocycles. The van der Waals surface area contributed by atoms with Crippen LogP contribution in [0.2, 0.25) is 0 Å². The number of phenols is 1. The predicted molar refractivity (Wildman–Crippen MR) is 151 cm³/mol. The van der Waals surface area contributed by atoms with Gasteiger partial charge >= 0.3 is 0 Å². The van der Waals surface area contributed by atoms with Crippen molar-refractivity contribution < 1.29 is 14.4 Å². The van der Waals surface area contributed by atoms with Crippen molar-refractivity contribution in [3.63, 3.8) is 0 Å². The third-order valence-electron chi connectivity index (χ3n) is 7.30. The van der Waals surface area contributed by atoms with Gasteiger partial charge in [0, 0.05) is 37.8 Å². The average molecular weight is 516 g/mol. The van der Waals surface area contributed by atoms with Crippen molar-refractivity contribution >= 4 is 33.7 Å². The Labute approximate surface area is 224 Å². The summed E-state index contributed by atoms with van der Waals surface area (Å²) in [6.07, 6.45) is 0. The smallest absolute Gasteiger partial charge is 0.276 e. The summed E-state index contributed by atoms with van der Waals surface area (Å²) in [5.74, 6) is 1.51. The Hall–Kier alpha value is -5.11. The van der Waals surface area contributed by atoms with E-state index < -0.39 is 0 Å². The number of phenolic OH excluding ortho intramolecular Hbond substituents is 1. The maximum atomic E-state index is 13.1. The van der Waals surface area contributed by atoms with E-state index in [1.165, 1.54) is 0 Å². The number of H-pyrrole nitrogens is 1. The lowest BCUT2D eigenvalue weighted by molar-refractivity contribution is 0.0736. The minimum Gasteiger partial charge on any atom is -0.508 e. The fraction of sp³-hybridized carbons (Fsp3) is 0.129. The number of fused-ring (bicyclic) bond motifs is 2. The average Bonchev–Trinajstić information content (AvgIpc) is 3.65. The molecule has 0 aliphatic carbocycles. The van der Waals surface area contributed by atoms with E-state index in [2.05, 4.69) is 26.1 Å². The fourth-order valence-electron chi connectivity index (χ4n) is 5.12. The standard InChI is InChI=1S/C31H25N5O3/c37-25-12-11-23-17-22(9-10-24(23)18-25)20-5-7-21(8-6-20)29-19-28(34-39-29)30(38)35-13-15-36(16-14-35)31-32-26-3-1-2-4-27(26)33-31/h1-12,17-19,37H,13-16H2,(H,32,33). The number of carbonyl (C=O) groups is 1. The molecule has 6 aromatic rings. The van der Waals surface area contributed by atoms with Crippen LogP contribution in [0.15, 0.2) is 95.5 Å². The van der Waals surface area contributed by atoms with Crippen molar-refractivity contribution in [2.45, 2.75) is 0 Å². The molecule has 0 radical (unpaired) electrons. The van der Waals surface area contributed by atoms with Gasteiger partial charge < -0.3 is 24.4 Å². The van der Waals surface area contributed by atoms with Crippen LogP contribution in [0.1, 0.15) is 10.5 Å². The first-order valence-electron chi connectivity index (χ1n) is 12.9. The maximum absolute atomic E-state index is 13.1. The Morgan fingerprint density at radius 2 is 1.51 bits per heavy atom. The van der Waals surface area contributed by atoms with Crippen LogP contribution in [-0.2, 0) is 0 Å². The molecule has 8 heteroatoms. The highest BCUT2D eigenvalue weighted by Crippen LogP contribution is 2.29. The first-order valence-corrected chi connectivity index (χ1v) is 12.9. The van der Waals surface area contributed by atoms with Crippen molar-refractivity contribution in [1.29, 1.82) is 0 Å². The molecule has 3 heterocycles.